The Kier molecular flexibility index (Phi) is 3.68. The minimum Gasteiger partial charge on any atom is -0.393 e. The minimum atomic E-state index is -0.887. The molecule has 0 aromatic rings. The molecule has 1 fully saturated rings. The number of fused-ring (bicyclic) bond motifs is 1. The van der Waals surface area contributed by atoms with E-state index in [2.05, 4.69) is 4.99 Å². The number of thioether (sulfide) groups is 1. The standard InChI is InChI=1S/C11H20N2O3S/c1-5(14)6-4-7-8(10(16)9(6)15)12-11(17-7)13(2)3/h5-10,14-16H,4H2,1-3H3/t5-,6+,7-,8-,9+,10+/m0/s1. The molecule has 0 aromatic carbocycles. The van der Waals surface area contributed by atoms with E-state index in [0.717, 1.165) is 5.17 Å². The first-order chi connectivity index (χ1) is 7.91. The second-order valence-electron chi connectivity index (χ2n) is 5.07. The van der Waals surface area contributed by atoms with Gasteiger partial charge in [0.15, 0.2) is 5.17 Å². The zero-order chi connectivity index (χ0) is 12.7. The summed E-state index contributed by atoms with van der Waals surface area (Å²) in [5.41, 5.74) is 0. The highest BCUT2D eigenvalue weighted by molar-refractivity contribution is 8.14. The van der Waals surface area contributed by atoms with Crippen LogP contribution in [0.1, 0.15) is 13.3 Å². The second-order valence-corrected chi connectivity index (χ2v) is 6.28. The highest BCUT2D eigenvalue weighted by Crippen LogP contribution is 2.41. The highest BCUT2D eigenvalue weighted by Gasteiger charge is 2.48. The summed E-state index contributed by atoms with van der Waals surface area (Å²) < 4.78 is 0. The van der Waals surface area contributed by atoms with Gasteiger partial charge >= 0.3 is 0 Å². The Morgan fingerprint density at radius 1 is 1.35 bits per heavy atom. The van der Waals surface area contributed by atoms with Crippen LogP contribution >= 0.6 is 11.8 Å². The highest BCUT2D eigenvalue weighted by atomic mass is 32.2. The number of nitrogens with zero attached hydrogens (tertiary/aromatic N) is 2. The number of hydrogen-bond donors (Lipinski definition) is 3. The van der Waals surface area contributed by atoms with Crippen molar-refractivity contribution in [3.05, 3.63) is 0 Å². The van der Waals surface area contributed by atoms with Gasteiger partial charge in [-0.25, -0.2) is 0 Å². The third kappa shape index (κ3) is 2.31. The van der Waals surface area contributed by atoms with Crippen molar-refractivity contribution in [1.29, 1.82) is 0 Å². The average molecular weight is 260 g/mol. The van der Waals surface area contributed by atoms with E-state index in [0.29, 0.717) is 6.42 Å². The van der Waals surface area contributed by atoms with E-state index >= 15 is 0 Å². The van der Waals surface area contributed by atoms with Crippen molar-refractivity contribution in [1.82, 2.24) is 4.90 Å². The van der Waals surface area contributed by atoms with Crippen molar-refractivity contribution in [2.24, 2.45) is 10.9 Å². The number of rotatable bonds is 1. The molecule has 1 aliphatic carbocycles. The minimum absolute atomic E-state index is 0.158. The van der Waals surface area contributed by atoms with E-state index in [-0.39, 0.29) is 17.2 Å². The topological polar surface area (TPSA) is 76.3 Å². The van der Waals surface area contributed by atoms with E-state index < -0.39 is 18.3 Å². The van der Waals surface area contributed by atoms with Crippen molar-refractivity contribution in [3.63, 3.8) is 0 Å². The van der Waals surface area contributed by atoms with Gasteiger partial charge in [0, 0.05) is 25.3 Å². The molecule has 98 valence electrons. The number of aliphatic imine (C=N–C) groups is 1. The third-order valence-electron chi connectivity index (χ3n) is 3.54. The molecule has 2 rings (SSSR count). The summed E-state index contributed by atoms with van der Waals surface area (Å²) in [5, 5.41) is 30.7. The molecule has 0 bridgehead atoms. The average Bonchev–Trinajstić information content (AvgIpc) is 2.67. The van der Waals surface area contributed by atoms with Gasteiger partial charge in [-0.3, -0.25) is 4.99 Å². The number of aliphatic hydroxyl groups excluding tert-OH is 3. The first-order valence-electron chi connectivity index (χ1n) is 5.87. The fraction of sp³-hybridized carbons (Fsp3) is 0.909. The molecular weight excluding hydrogens is 240 g/mol. The van der Waals surface area contributed by atoms with Crippen LogP contribution in [0.25, 0.3) is 0 Å². The van der Waals surface area contributed by atoms with Crippen LogP contribution in [0.4, 0.5) is 0 Å². The van der Waals surface area contributed by atoms with Gasteiger partial charge < -0.3 is 20.2 Å². The third-order valence-corrected chi connectivity index (χ3v) is 5.00. The van der Waals surface area contributed by atoms with Gasteiger partial charge in [0.2, 0.25) is 0 Å². The Balaban J connectivity index is 2.15. The summed E-state index contributed by atoms with van der Waals surface area (Å²) in [6.07, 6.45) is -1.68. The Hall–Kier alpha value is -0.300. The van der Waals surface area contributed by atoms with Crippen LogP contribution in [0.2, 0.25) is 0 Å². The van der Waals surface area contributed by atoms with E-state index in [1.54, 1.807) is 18.7 Å². The van der Waals surface area contributed by atoms with Crippen molar-refractivity contribution < 1.29 is 15.3 Å². The van der Waals surface area contributed by atoms with Gasteiger partial charge in [-0.15, -0.1) is 0 Å². The van der Waals surface area contributed by atoms with Crippen molar-refractivity contribution >= 4 is 16.9 Å². The lowest BCUT2D eigenvalue weighted by Crippen LogP contribution is -2.53. The van der Waals surface area contributed by atoms with Gasteiger partial charge in [-0.05, 0) is 13.3 Å². The van der Waals surface area contributed by atoms with Crippen LogP contribution < -0.4 is 0 Å². The van der Waals surface area contributed by atoms with Crippen LogP contribution in [0.15, 0.2) is 4.99 Å². The lowest BCUT2D eigenvalue weighted by molar-refractivity contribution is -0.0835. The van der Waals surface area contributed by atoms with Gasteiger partial charge in [0.05, 0.1) is 18.2 Å². The lowest BCUT2D eigenvalue weighted by Gasteiger charge is -2.39. The molecule has 6 atom stereocenters. The Bertz CT molecular complexity index is 322. The lowest BCUT2D eigenvalue weighted by atomic mass is 9.78. The molecule has 0 unspecified atom stereocenters. The molecule has 0 amide bonds. The summed E-state index contributed by atoms with van der Waals surface area (Å²) in [5.74, 6) is -0.268. The molecular formula is C11H20N2O3S. The summed E-state index contributed by atoms with van der Waals surface area (Å²) in [4.78, 5) is 6.36. The molecule has 6 heteroatoms. The van der Waals surface area contributed by atoms with Crippen LogP contribution in [0.3, 0.4) is 0 Å². The van der Waals surface area contributed by atoms with Crippen LogP contribution in [-0.4, -0.2) is 69.1 Å². The first-order valence-corrected chi connectivity index (χ1v) is 6.75. The SMILES string of the molecule is C[C@H](O)[C@H]1C[C@@H]2SC(N(C)C)=N[C@@H]2[C@@H](O)[C@@H]1O. The molecule has 2 aliphatic rings. The maximum absolute atomic E-state index is 10.1. The summed E-state index contributed by atoms with van der Waals surface area (Å²) in [7, 11) is 3.83. The van der Waals surface area contributed by atoms with Gasteiger partial charge in [0.1, 0.15) is 6.10 Å². The van der Waals surface area contributed by atoms with Crippen molar-refractivity contribution in [2.45, 2.75) is 42.9 Å². The van der Waals surface area contributed by atoms with Gasteiger partial charge in [-0.1, -0.05) is 11.8 Å². The molecule has 5 nitrogen and oxygen atoms in total. The molecule has 1 heterocycles. The maximum atomic E-state index is 10.1. The maximum Gasteiger partial charge on any atom is 0.159 e. The Labute approximate surface area is 106 Å². The normalized spacial score (nSPS) is 42.9. The van der Waals surface area contributed by atoms with Crippen molar-refractivity contribution in [2.75, 3.05) is 14.1 Å². The van der Waals surface area contributed by atoms with E-state index in [1.165, 1.54) is 0 Å². The van der Waals surface area contributed by atoms with E-state index in [4.69, 9.17) is 0 Å². The summed E-state index contributed by atoms with van der Waals surface area (Å²) >= 11 is 1.62. The van der Waals surface area contributed by atoms with Crippen molar-refractivity contribution in [3.8, 4) is 0 Å². The Morgan fingerprint density at radius 3 is 2.53 bits per heavy atom. The zero-order valence-corrected chi connectivity index (χ0v) is 11.1. The van der Waals surface area contributed by atoms with Gasteiger partial charge in [0.25, 0.3) is 0 Å². The molecule has 0 spiro atoms. The summed E-state index contributed by atoms with van der Waals surface area (Å²) in [6.45, 7) is 1.66. The van der Waals surface area contributed by atoms with Crippen LogP contribution in [0, 0.1) is 5.92 Å². The fourth-order valence-electron chi connectivity index (χ4n) is 2.50. The monoisotopic (exact) mass is 260 g/mol. The number of amidine groups is 1. The molecule has 0 radical (unpaired) electrons. The second kappa shape index (κ2) is 4.76. The Morgan fingerprint density at radius 2 is 2.00 bits per heavy atom. The predicted molar refractivity (Wildman–Crippen MR) is 68.1 cm³/mol. The smallest absolute Gasteiger partial charge is 0.159 e. The van der Waals surface area contributed by atoms with Crippen LogP contribution in [0.5, 0.6) is 0 Å². The first kappa shape index (κ1) is 13.1. The van der Waals surface area contributed by atoms with E-state index in [1.807, 2.05) is 19.0 Å². The fourth-order valence-corrected chi connectivity index (χ4v) is 3.84. The quantitative estimate of drug-likeness (QED) is 0.593. The van der Waals surface area contributed by atoms with Gasteiger partial charge in [-0.2, -0.15) is 0 Å². The summed E-state index contributed by atoms with van der Waals surface area (Å²) in [6, 6.07) is -0.248. The molecule has 0 aromatic heterocycles. The molecule has 3 N–H and O–H groups in total. The number of hydrogen-bond acceptors (Lipinski definition) is 6. The number of aliphatic hydroxyl groups is 3. The predicted octanol–water partition coefficient (Wildman–Crippen LogP) is -0.490. The largest absolute Gasteiger partial charge is 0.393 e. The van der Waals surface area contributed by atoms with E-state index in [9.17, 15) is 15.3 Å². The molecule has 1 saturated carbocycles. The molecule has 1 aliphatic heterocycles. The zero-order valence-electron chi connectivity index (χ0n) is 10.3. The molecule has 17 heavy (non-hydrogen) atoms. The van der Waals surface area contributed by atoms with Crippen LogP contribution in [-0.2, 0) is 0 Å². The molecule has 0 saturated heterocycles.